The van der Waals surface area contributed by atoms with Gasteiger partial charge in [-0.3, -0.25) is 4.90 Å². The highest BCUT2D eigenvalue weighted by Crippen LogP contribution is 2.30. The average Bonchev–Trinajstić information content (AvgIpc) is 3.00. The molecule has 0 unspecified atom stereocenters. The second-order valence-electron chi connectivity index (χ2n) is 4.80. The first-order chi connectivity index (χ1) is 9.22. The summed E-state index contributed by atoms with van der Waals surface area (Å²) in [4.78, 5) is 6.87. The van der Waals surface area contributed by atoms with Gasteiger partial charge < -0.3 is 5.11 Å². The molecule has 3 rings (SSSR count). The van der Waals surface area contributed by atoms with Crippen molar-refractivity contribution >= 4 is 22.9 Å². The van der Waals surface area contributed by atoms with Crippen LogP contribution in [0.15, 0.2) is 29.6 Å². The number of aliphatic hydroxyl groups is 1. The van der Waals surface area contributed by atoms with Crippen molar-refractivity contribution in [2.24, 2.45) is 0 Å². The molecule has 0 aliphatic carbocycles. The first kappa shape index (κ1) is 13.1. The van der Waals surface area contributed by atoms with Crippen LogP contribution in [0.25, 0.3) is 10.6 Å². The first-order valence-corrected chi connectivity index (χ1v) is 7.58. The summed E-state index contributed by atoms with van der Waals surface area (Å²) in [6.45, 7) is 2.50. The summed E-state index contributed by atoms with van der Waals surface area (Å²) in [5, 5.41) is 13.3. The molecule has 0 spiro atoms. The summed E-state index contributed by atoms with van der Waals surface area (Å²) in [6, 6.07) is 7.77. The van der Waals surface area contributed by atoms with Crippen LogP contribution in [0.3, 0.4) is 0 Å². The van der Waals surface area contributed by atoms with Crippen LogP contribution in [0.5, 0.6) is 0 Å². The predicted molar refractivity (Wildman–Crippen MR) is 78.5 cm³/mol. The van der Waals surface area contributed by atoms with Crippen LogP contribution >= 0.6 is 22.9 Å². The highest BCUT2D eigenvalue weighted by Gasteiger charge is 2.21. The van der Waals surface area contributed by atoms with Crippen LogP contribution in [0.2, 0.25) is 5.02 Å². The third-order valence-corrected chi connectivity index (χ3v) is 4.54. The lowest BCUT2D eigenvalue weighted by atomic mass is 10.2. The highest BCUT2D eigenvalue weighted by molar-refractivity contribution is 7.13. The highest BCUT2D eigenvalue weighted by atomic mass is 35.5. The summed E-state index contributed by atoms with van der Waals surface area (Å²) in [7, 11) is 0. The zero-order valence-corrected chi connectivity index (χ0v) is 12.0. The molecule has 5 heteroatoms. The fourth-order valence-electron chi connectivity index (χ4n) is 2.32. The number of aromatic nitrogens is 1. The number of rotatable bonds is 3. The number of benzene rings is 1. The van der Waals surface area contributed by atoms with Gasteiger partial charge in [0.25, 0.3) is 0 Å². The van der Waals surface area contributed by atoms with Gasteiger partial charge in [0.2, 0.25) is 0 Å². The summed E-state index contributed by atoms with van der Waals surface area (Å²) in [5.41, 5.74) is 2.04. The van der Waals surface area contributed by atoms with Gasteiger partial charge in [0.05, 0.1) is 16.8 Å². The molecule has 2 heterocycles. The van der Waals surface area contributed by atoms with Crippen molar-refractivity contribution in [2.45, 2.75) is 19.1 Å². The Balaban J connectivity index is 1.75. The predicted octanol–water partition coefficient (Wildman–Crippen LogP) is 3.03. The van der Waals surface area contributed by atoms with E-state index in [1.54, 1.807) is 11.3 Å². The maximum atomic E-state index is 9.52. The summed E-state index contributed by atoms with van der Waals surface area (Å²) < 4.78 is 0. The molecule has 0 amide bonds. The lowest BCUT2D eigenvalue weighted by Gasteiger charge is -2.12. The number of halogens is 1. The normalized spacial score (nSPS) is 20.0. The van der Waals surface area contributed by atoms with Crippen LogP contribution in [0.4, 0.5) is 0 Å². The second-order valence-corrected chi connectivity index (χ2v) is 6.07. The quantitative estimate of drug-likeness (QED) is 0.945. The van der Waals surface area contributed by atoms with E-state index in [0.717, 1.165) is 47.3 Å². The lowest BCUT2D eigenvalue weighted by Crippen LogP contribution is -2.21. The number of β-amino-alcohol motifs (C(OH)–C–C–N with tert-alkyl or cyclic N) is 1. The molecule has 1 aliphatic rings. The minimum absolute atomic E-state index is 0.179. The molecular formula is C14H15ClN2OS. The number of nitrogens with zero attached hydrogens (tertiary/aromatic N) is 2. The summed E-state index contributed by atoms with van der Waals surface area (Å²) >= 11 is 7.80. The molecule has 0 saturated carbocycles. The van der Waals surface area contributed by atoms with Gasteiger partial charge >= 0.3 is 0 Å². The van der Waals surface area contributed by atoms with E-state index < -0.39 is 0 Å². The van der Waals surface area contributed by atoms with E-state index in [1.165, 1.54) is 0 Å². The van der Waals surface area contributed by atoms with E-state index in [1.807, 2.05) is 24.3 Å². The molecule has 0 radical (unpaired) electrons. The first-order valence-electron chi connectivity index (χ1n) is 6.32. The second kappa shape index (κ2) is 5.59. The molecule has 0 bridgehead atoms. The van der Waals surface area contributed by atoms with E-state index in [-0.39, 0.29) is 6.10 Å². The molecule has 1 aromatic carbocycles. The van der Waals surface area contributed by atoms with Gasteiger partial charge in [0.15, 0.2) is 0 Å². The van der Waals surface area contributed by atoms with Crippen LogP contribution in [0, 0.1) is 0 Å². The average molecular weight is 295 g/mol. The zero-order valence-electron chi connectivity index (χ0n) is 10.4. The number of hydrogen-bond acceptors (Lipinski definition) is 4. The fraction of sp³-hybridized carbons (Fsp3) is 0.357. The van der Waals surface area contributed by atoms with E-state index in [9.17, 15) is 5.11 Å². The minimum Gasteiger partial charge on any atom is -0.392 e. The molecule has 100 valence electrons. The molecular weight excluding hydrogens is 280 g/mol. The van der Waals surface area contributed by atoms with Gasteiger partial charge in [-0.2, -0.15) is 0 Å². The van der Waals surface area contributed by atoms with E-state index in [0.29, 0.717) is 0 Å². The van der Waals surface area contributed by atoms with E-state index >= 15 is 0 Å². The van der Waals surface area contributed by atoms with Gasteiger partial charge in [-0.05, 0) is 12.5 Å². The third-order valence-electron chi connectivity index (χ3n) is 3.29. The van der Waals surface area contributed by atoms with Crippen molar-refractivity contribution in [1.29, 1.82) is 0 Å². The monoisotopic (exact) mass is 294 g/mol. The Morgan fingerprint density at radius 2 is 2.26 bits per heavy atom. The number of likely N-dealkylation sites (tertiary alicyclic amines) is 1. The Hall–Kier alpha value is -0.940. The fourth-order valence-corrected chi connectivity index (χ4v) is 3.45. The molecule has 1 aromatic heterocycles. The Morgan fingerprint density at radius 1 is 1.42 bits per heavy atom. The Bertz CT molecular complexity index is 572. The van der Waals surface area contributed by atoms with Gasteiger partial charge in [0, 0.05) is 30.6 Å². The Labute approximate surface area is 121 Å². The number of thiazole rings is 1. The molecule has 1 saturated heterocycles. The maximum Gasteiger partial charge on any atom is 0.125 e. The summed E-state index contributed by atoms with van der Waals surface area (Å²) in [5.74, 6) is 0. The van der Waals surface area contributed by atoms with Crippen molar-refractivity contribution in [3.05, 3.63) is 40.4 Å². The maximum absolute atomic E-state index is 9.52. The molecule has 2 aromatic rings. The number of aliphatic hydroxyl groups excluding tert-OH is 1. The standard InChI is InChI=1S/C14H15ClN2OS/c15-13-4-2-1-3-12(13)14-16-10(9-19-14)7-17-6-5-11(18)8-17/h1-4,9,11,18H,5-8H2/t11-/m0/s1. The molecule has 1 aliphatic heterocycles. The minimum atomic E-state index is -0.179. The van der Waals surface area contributed by atoms with Crippen LogP contribution in [-0.2, 0) is 6.54 Å². The van der Waals surface area contributed by atoms with Crippen molar-refractivity contribution in [2.75, 3.05) is 13.1 Å². The van der Waals surface area contributed by atoms with E-state index in [2.05, 4.69) is 15.3 Å². The largest absolute Gasteiger partial charge is 0.392 e. The van der Waals surface area contributed by atoms with E-state index in [4.69, 9.17) is 11.6 Å². The molecule has 1 atom stereocenters. The molecule has 3 nitrogen and oxygen atoms in total. The Kier molecular flexibility index (Phi) is 3.84. The molecule has 19 heavy (non-hydrogen) atoms. The van der Waals surface area contributed by atoms with Gasteiger partial charge in [-0.15, -0.1) is 11.3 Å². The van der Waals surface area contributed by atoms with Crippen molar-refractivity contribution in [3.63, 3.8) is 0 Å². The Morgan fingerprint density at radius 3 is 3.00 bits per heavy atom. The van der Waals surface area contributed by atoms with Crippen molar-refractivity contribution < 1.29 is 5.11 Å². The number of hydrogen-bond donors (Lipinski definition) is 1. The summed E-state index contributed by atoms with van der Waals surface area (Å²) in [6.07, 6.45) is 0.684. The topological polar surface area (TPSA) is 36.4 Å². The van der Waals surface area contributed by atoms with Crippen LogP contribution < -0.4 is 0 Å². The van der Waals surface area contributed by atoms with Gasteiger partial charge in [-0.1, -0.05) is 29.8 Å². The molecule has 1 fully saturated rings. The SMILES string of the molecule is O[C@H]1CCN(Cc2csc(-c3ccccc3Cl)n2)C1. The van der Waals surface area contributed by atoms with Crippen molar-refractivity contribution in [1.82, 2.24) is 9.88 Å². The zero-order chi connectivity index (χ0) is 13.2. The third kappa shape index (κ3) is 2.98. The smallest absolute Gasteiger partial charge is 0.125 e. The van der Waals surface area contributed by atoms with Gasteiger partial charge in [-0.25, -0.2) is 4.98 Å². The lowest BCUT2D eigenvalue weighted by molar-refractivity contribution is 0.174. The van der Waals surface area contributed by atoms with Crippen molar-refractivity contribution in [3.8, 4) is 10.6 Å². The van der Waals surface area contributed by atoms with Crippen LogP contribution in [0.1, 0.15) is 12.1 Å². The van der Waals surface area contributed by atoms with Gasteiger partial charge in [0.1, 0.15) is 5.01 Å². The molecule has 1 N–H and O–H groups in total. The van der Waals surface area contributed by atoms with Crippen LogP contribution in [-0.4, -0.2) is 34.2 Å².